The summed E-state index contributed by atoms with van der Waals surface area (Å²) in [7, 11) is 0.504. The monoisotopic (exact) mass is 652 g/mol. The molecule has 1 atom stereocenters. The first-order valence-electron chi connectivity index (χ1n) is 16.2. The second-order valence-corrected chi connectivity index (χ2v) is 16.7. The average Bonchev–Trinajstić information content (AvgIpc) is 3.08. The number of carbonyl (C=O) groups is 1. The lowest BCUT2D eigenvalue weighted by Gasteiger charge is -2.43. The van der Waals surface area contributed by atoms with E-state index < -0.39 is 8.32 Å². The fourth-order valence-electron chi connectivity index (χ4n) is 6.10. The third-order valence-corrected chi connectivity index (χ3v) is 13.2. The van der Waals surface area contributed by atoms with Crippen molar-refractivity contribution in [2.24, 2.45) is 0 Å². The number of hydrogen-bond donors (Lipinski definition) is 0. The topological polar surface area (TPSA) is 63.2 Å². The van der Waals surface area contributed by atoms with E-state index in [0.717, 1.165) is 16.7 Å². The van der Waals surface area contributed by atoms with Gasteiger partial charge in [0.25, 0.3) is 8.32 Å². The molecule has 0 aliphatic heterocycles. The highest BCUT2D eigenvalue weighted by atomic mass is 28.4. The molecular formula is C40H48O6Si. The third kappa shape index (κ3) is 9.01. The predicted octanol–water partition coefficient (Wildman–Crippen LogP) is 7.59. The number of methoxy groups -OCH3 is 2. The van der Waals surface area contributed by atoms with Gasteiger partial charge in [-0.1, -0.05) is 124 Å². The van der Waals surface area contributed by atoms with Crippen molar-refractivity contribution in [3.63, 3.8) is 0 Å². The van der Waals surface area contributed by atoms with Gasteiger partial charge in [-0.25, -0.2) is 0 Å². The van der Waals surface area contributed by atoms with Crippen molar-refractivity contribution in [2.45, 2.75) is 58.3 Å². The maximum atomic E-state index is 12.8. The van der Waals surface area contributed by atoms with Gasteiger partial charge in [-0.3, -0.25) is 4.79 Å². The van der Waals surface area contributed by atoms with E-state index in [1.807, 2.05) is 73.7 Å². The Morgan fingerprint density at radius 1 is 0.766 bits per heavy atom. The van der Waals surface area contributed by atoms with Crippen molar-refractivity contribution in [2.75, 3.05) is 27.4 Å². The molecule has 0 bridgehead atoms. The molecule has 0 amide bonds. The van der Waals surface area contributed by atoms with Crippen LogP contribution in [0.4, 0.5) is 0 Å². The van der Waals surface area contributed by atoms with Crippen LogP contribution in [0.15, 0.2) is 115 Å². The predicted molar refractivity (Wildman–Crippen MR) is 191 cm³/mol. The highest BCUT2D eigenvalue weighted by Gasteiger charge is 2.50. The first-order valence-corrected chi connectivity index (χ1v) is 18.1. The van der Waals surface area contributed by atoms with Crippen LogP contribution in [0.2, 0.25) is 5.04 Å². The molecule has 248 valence electrons. The van der Waals surface area contributed by atoms with Crippen LogP contribution in [0.1, 0.15) is 56.7 Å². The number of carbonyl (C=O) groups excluding carboxylic acids is 1. The number of rotatable bonds is 16. The van der Waals surface area contributed by atoms with Crippen LogP contribution in [0, 0.1) is 0 Å². The van der Waals surface area contributed by atoms with Gasteiger partial charge in [-0.15, -0.1) is 0 Å². The summed E-state index contributed by atoms with van der Waals surface area (Å²) in [4.78, 5) is 12.8. The van der Waals surface area contributed by atoms with E-state index in [-0.39, 0.29) is 23.3 Å². The first-order chi connectivity index (χ1) is 22.7. The lowest BCUT2D eigenvalue weighted by Crippen LogP contribution is -2.66. The molecule has 0 heterocycles. The van der Waals surface area contributed by atoms with Crippen molar-refractivity contribution in [3.8, 4) is 11.5 Å². The fourth-order valence-corrected chi connectivity index (χ4v) is 10.6. The lowest BCUT2D eigenvalue weighted by atomic mass is 9.92. The quantitative estimate of drug-likeness (QED) is 0.0538. The molecule has 0 radical (unpaired) electrons. The normalized spacial score (nSPS) is 12.6. The zero-order valence-corrected chi connectivity index (χ0v) is 29.5. The summed E-state index contributed by atoms with van der Waals surface area (Å²) in [6.45, 7) is 10.2. The van der Waals surface area contributed by atoms with Gasteiger partial charge in [0.1, 0.15) is 11.5 Å². The van der Waals surface area contributed by atoms with E-state index in [1.165, 1.54) is 10.4 Å². The molecule has 4 aromatic carbocycles. The van der Waals surface area contributed by atoms with Crippen LogP contribution in [-0.4, -0.2) is 41.7 Å². The summed E-state index contributed by atoms with van der Waals surface area (Å²) >= 11 is 0. The molecule has 0 fully saturated rings. The second-order valence-electron chi connectivity index (χ2n) is 12.4. The number of hydrogen-bond acceptors (Lipinski definition) is 6. The average molecular weight is 653 g/mol. The summed E-state index contributed by atoms with van der Waals surface area (Å²) in [6.07, 6.45) is 4.04. The smallest absolute Gasteiger partial charge is 0.306 e. The summed E-state index contributed by atoms with van der Waals surface area (Å²) in [5.41, 5.74) is 2.79. The molecule has 0 saturated heterocycles. The zero-order valence-electron chi connectivity index (χ0n) is 28.5. The van der Waals surface area contributed by atoms with Crippen LogP contribution in [0.25, 0.3) is 0 Å². The van der Waals surface area contributed by atoms with Gasteiger partial charge < -0.3 is 23.4 Å². The van der Waals surface area contributed by atoms with E-state index in [0.29, 0.717) is 37.9 Å². The molecule has 0 N–H and O–H groups in total. The van der Waals surface area contributed by atoms with Crippen molar-refractivity contribution < 1.29 is 28.2 Å². The van der Waals surface area contributed by atoms with Gasteiger partial charge in [0.15, 0.2) is 0 Å². The Balaban J connectivity index is 1.67. The maximum absolute atomic E-state index is 12.8. The molecule has 4 rings (SSSR count). The minimum absolute atomic E-state index is 0.133. The minimum Gasteiger partial charge on any atom is -0.496 e. The Kier molecular flexibility index (Phi) is 13.0. The molecule has 0 aliphatic rings. The maximum Gasteiger partial charge on any atom is 0.306 e. The molecule has 7 heteroatoms. The van der Waals surface area contributed by atoms with Gasteiger partial charge in [-0.05, 0) is 45.6 Å². The Morgan fingerprint density at radius 2 is 1.30 bits per heavy atom. The number of benzene rings is 4. The van der Waals surface area contributed by atoms with E-state index in [1.54, 1.807) is 14.2 Å². The molecule has 47 heavy (non-hydrogen) atoms. The Labute approximate surface area is 281 Å². The number of esters is 1. The van der Waals surface area contributed by atoms with Crippen molar-refractivity contribution in [3.05, 3.63) is 132 Å². The zero-order chi connectivity index (χ0) is 33.7. The second kappa shape index (κ2) is 17.1. The van der Waals surface area contributed by atoms with Gasteiger partial charge in [-0.2, -0.15) is 0 Å². The molecule has 4 aromatic rings. The van der Waals surface area contributed by atoms with E-state index in [9.17, 15) is 4.79 Å². The largest absolute Gasteiger partial charge is 0.496 e. The van der Waals surface area contributed by atoms with Gasteiger partial charge in [0, 0.05) is 11.5 Å². The summed E-state index contributed by atoms with van der Waals surface area (Å²) < 4.78 is 30.3. The van der Waals surface area contributed by atoms with Gasteiger partial charge in [0.2, 0.25) is 0 Å². The Bertz CT molecular complexity index is 1500. The molecule has 0 unspecified atom stereocenters. The van der Waals surface area contributed by atoms with Crippen LogP contribution in [0.5, 0.6) is 11.5 Å². The fraction of sp³-hybridized carbons (Fsp3) is 0.325. The van der Waals surface area contributed by atoms with Crippen molar-refractivity contribution >= 4 is 24.7 Å². The SMILES string of the molecule is CCOC(=O)C[C@@H](/C=C/COCc1ccccc1)c1c(OC)cc(CO[Si](c2ccccc2)(c2ccccc2)C(C)(C)C)cc1OC. The number of allylic oxidation sites excluding steroid dienone is 1. The van der Waals surface area contributed by atoms with Crippen LogP contribution in [-0.2, 0) is 31.9 Å². The van der Waals surface area contributed by atoms with Crippen molar-refractivity contribution in [1.82, 2.24) is 0 Å². The molecule has 6 nitrogen and oxygen atoms in total. The van der Waals surface area contributed by atoms with E-state index in [4.69, 9.17) is 23.4 Å². The molecular weight excluding hydrogens is 605 g/mol. The highest BCUT2D eigenvalue weighted by Crippen LogP contribution is 2.41. The van der Waals surface area contributed by atoms with Gasteiger partial charge >= 0.3 is 5.97 Å². The van der Waals surface area contributed by atoms with Gasteiger partial charge in [0.05, 0.1) is 47.1 Å². The minimum atomic E-state index is -2.77. The van der Waals surface area contributed by atoms with E-state index in [2.05, 4.69) is 69.3 Å². The van der Waals surface area contributed by atoms with Crippen molar-refractivity contribution in [1.29, 1.82) is 0 Å². The molecule has 0 saturated carbocycles. The summed E-state index contributed by atoms with van der Waals surface area (Å²) in [5, 5.41) is 2.26. The Morgan fingerprint density at radius 3 is 1.79 bits per heavy atom. The van der Waals surface area contributed by atoms with Crippen LogP contribution in [0.3, 0.4) is 0 Å². The Hall–Kier alpha value is -4.17. The van der Waals surface area contributed by atoms with E-state index >= 15 is 0 Å². The lowest BCUT2D eigenvalue weighted by molar-refractivity contribution is -0.143. The summed E-state index contributed by atoms with van der Waals surface area (Å²) in [5.74, 6) is 0.588. The third-order valence-electron chi connectivity index (χ3n) is 8.23. The molecule has 0 spiro atoms. The number of ether oxygens (including phenoxy) is 4. The summed E-state index contributed by atoms with van der Waals surface area (Å²) in [6, 6.07) is 35.2. The molecule has 0 aromatic heterocycles. The molecule has 0 aliphatic carbocycles. The highest BCUT2D eigenvalue weighted by molar-refractivity contribution is 6.99. The van der Waals surface area contributed by atoms with Crippen LogP contribution >= 0.6 is 0 Å². The first kappa shape index (κ1) is 35.7. The standard InChI is InChI=1S/C40H48O6Si/c1-7-45-38(41)28-33(20-17-25-44-29-31-18-11-8-12-19-31)39-36(42-5)26-32(27-37(39)43-6)30-46-47(40(2,3)4,34-21-13-9-14-22-34)35-23-15-10-16-24-35/h8-24,26-27,33H,7,25,28-30H2,1-6H3/b20-17+/t33-/m1/s1. The van der Waals surface area contributed by atoms with Crippen LogP contribution < -0.4 is 19.8 Å².